The van der Waals surface area contributed by atoms with Crippen LogP contribution in [0, 0.1) is 17.2 Å². The minimum atomic E-state index is -0.488. The van der Waals surface area contributed by atoms with Crippen molar-refractivity contribution in [2.75, 3.05) is 48.0 Å². The van der Waals surface area contributed by atoms with Crippen molar-refractivity contribution < 1.29 is 28.5 Å². The van der Waals surface area contributed by atoms with Crippen LogP contribution in [0.1, 0.15) is 42.1 Å². The molecular formula is C25H35N3O6. The minimum absolute atomic E-state index is 0.0441. The molecule has 0 aliphatic carbocycles. The van der Waals surface area contributed by atoms with E-state index in [-0.39, 0.29) is 60.2 Å². The van der Waals surface area contributed by atoms with Crippen molar-refractivity contribution in [2.24, 2.45) is 5.92 Å². The molecule has 0 unspecified atom stereocenters. The molecule has 1 aromatic carbocycles. The Kier molecular flexibility index (Phi) is 8.89. The normalized spacial score (nSPS) is 29.2. The van der Waals surface area contributed by atoms with Crippen molar-refractivity contribution in [1.29, 1.82) is 5.26 Å². The summed E-state index contributed by atoms with van der Waals surface area (Å²) < 4.78 is 23.6. The number of methoxy groups -OCH3 is 2. The van der Waals surface area contributed by atoms with Crippen molar-refractivity contribution in [1.82, 2.24) is 9.80 Å². The smallest absolute Gasteiger partial charge is 0.257 e. The molecule has 0 saturated carbocycles. The predicted octanol–water partition coefficient (Wildman–Crippen LogP) is 2.08. The second-order valence-electron chi connectivity index (χ2n) is 9.05. The summed E-state index contributed by atoms with van der Waals surface area (Å²) in [6.07, 6.45) is 1.25. The lowest BCUT2D eigenvalue weighted by Crippen LogP contribution is -2.47. The third-order valence-corrected chi connectivity index (χ3v) is 6.83. The second-order valence-corrected chi connectivity index (χ2v) is 9.05. The van der Waals surface area contributed by atoms with Gasteiger partial charge in [0.15, 0.2) is 0 Å². The number of nitrogens with zero attached hydrogens (tertiary/aromatic N) is 3. The summed E-state index contributed by atoms with van der Waals surface area (Å²) in [5.41, 5.74) is 0.552. The molecule has 9 nitrogen and oxygen atoms in total. The molecule has 2 bridgehead atoms. The van der Waals surface area contributed by atoms with Crippen LogP contribution < -0.4 is 4.74 Å². The number of para-hydroxylation sites is 1. The van der Waals surface area contributed by atoms with E-state index in [9.17, 15) is 14.9 Å². The number of carbonyl (C=O) groups is 2. The van der Waals surface area contributed by atoms with E-state index < -0.39 is 12.0 Å². The summed E-state index contributed by atoms with van der Waals surface area (Å²) in [6, 6.07) is 7.04. The molecule has 3 rings (SSSR count). The fraction of sp³-hybridized carbons (Fsp3) is 0.640. The fourth-order valence-corrected chi connectivity index (χ4v) is 4.63. The van der Waals surface area contributed by atoms with Crippen LogP contribution in [0.2, 0.25) is 0 Å². The molecule has 2 amide bonds. The van der Waals surface area contributed by atoms with Crippen molar-refractivity contribution in [3.05, 3.63) is 29.3 Å². The molecule has 0 spiro atoms. The van der Waals surface area contributed by atoms with E-state index >= 15 is 0 Å². The van der Waals surface area contributed by atoms with Crippen LogP contribution in [-0.4, -0.2) is 94.0 Å². The average molecular weight is 474 g/mol. The third kappa shape index (κ3) is 5.69. The maximum absolute atomic E-state index is 13.4. The summed E-state index contributed by atoms with van der Waals surface area (Å²) in [6.45, 7) is 2.72. The van der Waals surface area contributed by atoms with Gasteiger partial charge in [0.05, 0.1) is 35.4 Å². The molecule has 0 N–H and O–H groups in total. The number of rotatable bonds is 2. The van der Waals surface area contributed by atoms with E-state index in [2.05, 4.69) is 6.07 Å². The van der Waals surface area contributed by atoms with Gasteiger partial charge in [0, 0.05) is 41.4 Å². The number of carbonyl (C=O) groups excluding carboxylic acids is 2. The number of nitriles is 1. The molecule has 2 heterocycles. The minimum Gasteiger partial charge on any atom is -0.489 e. The lowest BCUT2D eigenvalue weighted by atomic mass is 9.98. The molecule has 34 heavy (non-hydrogen) atoms. The van der Waals surface area contributed by atoms with Gasteiger partial charge in [-0.05, 0) is 31.4 Å². The highest BCUT2D eigenvalue weighted by Gasteiger charge is 2.34. The third-order valence-electron chi connectivity index (χ3n) is 6.83. The lowest BCUT2D eigenvalue weighted by molar-refractivity contribution is -0.147. The SMILES string of the molecule is CO[C@H]1CN(C)C(=O)c2cccc(C#N)c2OC[C@@H]2O[C@H](CC[C@H]2OC)CCN(C)C(=O)[C@@H]1C. The molecular weight excluding hydrogens is 438 g/mol. The number of amides is 2. The molecule has 2 aliphatic rings. The predicted molar refractivity (Wildman–Crippen MR) is 125 cm³/mol. The van der Waals surface area contributed by atoms with Crippen molar-refractivity contribution >= 4 is 11.8 Å². The molecule has 2 aliphatic heterocycles. The zero-order valence-electron chi connectivity index (χ0n) is 20.7. The van der Waals surface area contributed by atoms with Crippen LogP contribution in [0.15, 0.2) is 18.2 Å². The van der Waals surface area contributed by atoms with Gasteiger partial charge in [-0.2, -0.15) is 5.26 Å². The zero-order chi connectivity index (χ0) is 24.8. The zero-order valence-corrected chi connectivity index (χ0v) is 20.7. The van der Waals surface area contributed by atoms with Crippen LogP contribution >= 0.6 is 0 Å². The summed E-state index contributed by atoms with van der Waals surface area (Å²) in [7, 11) is 6.61. The van der Waals surface area contributed by atoms with Gasteiger partial charge in [-0.3, -0.25) is 9.59 Å². The van der Waals surface area contributed by atoms with E-state index in [4.69, 9.17) is 18.9 Å². The van der Waals surface area contributed by atoms with Gasteiger partial charge in [0.1, 0.15) is 24.5 Å². The maximum Gasteiger partial charge on any atom is 0.257 e. The summed E-state index contributed by atoms with van der Waals surface area (Å²) >= 11 is 0. The van der Waals surface area contributed by atoms with E-state index in [0.717, 1.165) is 12.8 Å². The Morgan fingerprint density at radius 2 is 1.79 bits per heavy atom. The van der Waals surface area contributed by atoms with E-state index in [1.54, 1.807) is 44.3 Å². The Bertz CT molecular complexity index is 916. The summed E-state index contributed by atoms with van der Waals surface area (Å²) in [5, 5.41) is 9.66. The quantitative estimate of drug-likeness (QED) is 0.648. The number of fused-ring (bicyclic) bond motifs is 3. The first-order valence-corrected chi connectivity index (χ1v) is 11.7. The molecule has 9 heteroatoms. The van der Waals surface area contributed by atoms with Crippen LogP contribution in [0.25, 0.3) is 0 Å². The molecule has 186 valence electrons. The van der Waals surface area contributed by atoms with Gasteiger partial charge in [-0.25, -0.2) is 0 Å². The monoisotopic (exact) mass is 473 g/mol. The lowest BCUT2D eigenvalue weighted by Gasteiger charge is -2.37. The molecule has 5 atom stereocenters. The van der Waals surface area contributed by atoms with Gasteiger partial charge >= 0.3 is 0 Å². The molecule has 1 saturated heterocycles. The largest absolute Gasteiger partial charge is 0.489 e. The number of likely N-dealkylation sites (N-methyl/N-ethyl adjacent to an activating group) is 1. The molecule has 0 aromatic heterocycles. The van der Waals surface area contributed by atoms with Crippen LogP contribution in [0.3, 0.4) is 0 Å². The van der Waals surface area contributed by atoms with Crippen LogP contribution in [0.5, 0.6) is 5.75 Å². The number of ether oxygens (including phenoxy) is 4. The Balaban J connectivity index is 1.98. The number of hydrogen-bond donors (Lipinski definition) is 0. The van der Waals surface area contributed by atoms with Gasteiger partial charge < -0.3 is 28.7 Å². The Morgan fingerprint density at radius 1 is 1.06 bits per heavy atom. The van der Waals surface area contributed by atoms with E-state index in [0.29, 0.717) is 13.0 Å². The Hall–Kier alpha value is -2.67. The molecule has 1 fully saturated rings. The number of benzene rings is 1. The van der Waals surface area contributed by atoms with Gasteiger partial charge in [-0.15, -0.1) is 0 Å². The van der Waals surface area contributed by atoms with Gasteiger partial charge in [0.2, 0.25) is 5.91 Å². The highest BCUT2D eigenvalue weighted by Crippen LogP contribution is 2.29. The van der Waals surface area contributed by atoms with Crippen LogP contribution in [0.4, 0.5) is 0 Å². The van der Waals surface area contributed by atoms with Crippen molar-refractivity contribution in [2.45, 2.75) is 50.6 Å². The van der Waals surface area contributed by atoms with Gasteiger partial charge in [-0.1, -0.05) is 13.0 Å². The van der Waals surface area contributed by atoms with E-state index in [1.165, 1.54) is 12.0 Å². The first-order valence-electron chi connectivity index (χ1n) is 11.7. The van der Waals surface area contributed by atoms with Crippen LogP contribution in [-0.2, 0) is 19.0 Å². The highest BCUT2D eigenvalue weighted by atomic mass is 16.6. The average Bonchev–Trinajstić information content (AvgIpc) is 2.86. The Labute approximate surface area is 201 Å². The standard InChI is InChI=1S/C25H35N3O6/c1-16-21(32-5)14-28(3)25(30)19-8-6-7-17(13-26)23(19)33-15-22-20(31-4)10-9-18(34-22)11-12-27(2)24(16)29/h6-8,16,18,20-22H,9-12,14-15H2,1-5H3/t16-,18-,20-,21+,22+/m1/s1. The highest BCUT2D eigenvalue weighted by molar-refractivity contribution is 5.97. The summed E-state index contributed by atoms with van der Waals surface area (Å²) in [4.78, 5) is 29.7. The molecule has 1 aromatic rings. The topological polar surface area (TPSA) is 101 Å². The van der Waals surface area contributed by atoms with Crippen molar-refractivity contribution in [3.63, 3.8) is 0 Å². The Morgan fingerprint density at radius 3 is 2.47 bits per heavy atom. The second kappa shape index (κ2) is 11.6. The molecule has 0 radical (unpaired) electrons. The maximum atomic E-state index is 13.4. The number of hydrogen-bond acceptors (Lipinski definition) is 7. The summed E-state index contributed by atoms with van der Waals surface area (Å²) in [5.74, 6) is -0.582. The van der Waals surface area contributed by atoms with Gasteiger partial charge in [0.25, 0.3) is 5.91 Å². The first kappa shape index (κ1) is 25.9. The van der Waals surface area contributed by atoms with E-state index in [1.807, 2.05) is 6.92 Å². The van der Waals surface area contributed by atoms with Crippen molar-refractivity contribution in [3.8, 4) is 11.8 Å². The fourth-order valence-electron chi connectivity index (χ4n) is 4.63. The first-order chi connectivity index (χ1) is 16.3.